The summed E-state index contributed by atoms with van der Waals surface area (Å²) in [5, 5.41) is 16.4. The number of hydrogen-bond acceptors (Lipinski definition) is 12. The molecule has 1 atom stereocenters. The Labute approximate surface area is 321 Å². The van der Waals surface area contributed by atoms with Crippen LogP contribution in [0, 0.1) is 12.3 Å². The Hall–Kier alpha value is -6.10. The van der Waals surface area contributed by atoms with Gasteiger partial charge < -0.3 is 15.0 Å². The van der Waals surface area contributed by atoms with E-state index in [1.165, 1.54) is 0 Å². The Morgan fingerprint density at radius 1 is 0.982 bits per heavy atom. The van der Waals surface area contributed by atoms with E-state index in [1.807, 2.05) is 26.0 Å². The first-order valence-electron chi connectivity index (χ1n) is 18.7. The number of aromatic amines is 1. The standard InChI is InChI=1S/C39H39N9O7S/c1-3-55-33-27(23-20-40-41-21-23)10-13-47-34(33)44-38(45-47)42-30-7-5-25(16-22(30)2)56(53,54)26-18-39(19-26)11-14-46(15-12-39)24-4-6-28-29(17-24)37(52)48(36(28)51)31-8-9-32(49)43-35(31)50/h4-7,10,13,16-17,20-21,26,31H,3,8-9,11-12,14-15,18-19H2,1-2H3,(H,40,41)(H,42,45)(H,43,49,50). The van der Waals surface area contributed by atoms with Crippen molar-refractivity contribution in [2.24, 2.45) is 5.41 Å². The van der Waals surface area contributed by atoms with Crippen molar-refractivity contribution in [3.63, 3.8) is 0 Å². The summed E-state index contributed by atoms with van der Waals surface area (Å²) in [4.78, 5) is 58.7. The average molecular weight is 778 g/mol. The largest absolute Gasteiger partial charge is 0.489 e. The molecule has 4 amide bonds. The Bertz CT molecular complexity index is 2550. The van der Waals surface area contributed by atoms with Crippen LogP contribution in [0.15, 0.2) is 66.0 Å². The number of sulfone groups is 1. The normalized spacial score (nSPS) is 19.7. The van der Waals surface area contributed by atoms with Crippen molar-refractivity contribution in [2.75, 3.05) is 29.9 Å². The topological polar surface area (TPSA) is 201 Å². The zero-order valence-corrected chi connectivity index (χ0v) is 31.6. The van der Waals surface area contributed by atoms with Gasteiger partial charge in [0, 0.05) is 54.4 Å². The van der Waals surface area contributed by atoms with E-state index in [1.54, 1.807) is 53.4 Å². The molecular weight excluding hydrogens is 739 g/mol. The zero-order valence-electron chi connectivity index (χ0n) is 30.7. The van der Waals surface area contributed by atoms with Crippen LogP contribution in [0.25, 0.3) is 16.8 Å². The summed E-state index contributed by atoms with van der Waals surface area (Å²) >= 11 is 0. The van der Waals surface area contributed by atoms with E-state index in [0.717, 1.165) is 40.1 Å². The number of amides is 4. The third-order valence-electron chi connectivity index (χ3n) is 11.7. The van der Waals surface area contributed by atoms with E-state index in [4.69, 9.17) is 9.72 Å². The van der Waals surface area contributed by atoms with Gasteiger partial charge in [-0.2, -0.15) is 10.1 Å². The molecule has 6 heterocycles. The lowest BCUT2D eigenvalue weighted by Gasteiger charge is -2.52. The molecule has 0 radical (unpaired) electrons. The minimum atomic E-state index is -3.58. The lowest BCUT2D eigenvalue weighted by molar-refractivity contribution is -0.136. The van der Waals surface area contributed by atoms with Gasteiger partial charge in [-0.1, -0.05) is 0 Å². The number of piperidine rings is 2. The number of hydrogen-bond donors (Lipinski definition) is 3. The number of anilines is 3. The number of fused-ring (bicyclic) bond motifs is 2. The molecule has 288 valence electrons. The number of aromatic nitrogens is 5. The van der Waals surface area contributed by atoms with Crippen LogP contribution in [0.3, 0.4) is 0 Å². The van der Waals surface area contributed by atoms with Gasteiger partial charge in [0.05, 0.1) is 34.1 Å². The first-order chi connectivity index (χ1) is 26.9. The van der Waals surface area contributed by atoms with E-state index in [2.05, 4.69) is 30.8 Å². The maximum Gasteiger partial charge on any atom is 0.262 e. The average Bonchev–Trinajstić information content (AvgIpc) is 3.91. The van der Waals surface area contributed by atoms with E-state index in [0.29, 0.717) is 55.6 Å². The molecule has 3 aliphatic heterocycles. The summed E-state index contributed by atoms with van der Waals surface area (Å²) in [5.41, 5.74) is 4.86. The van der Waals surface area contributed by atoms with Crippen LogP contribution in [-0.4, -0.2) is 92.7 Å². The lowest BCUT2D eigenvalue weighted by atomic mass is 9.63. The van der Waals surface area contributed by atoms with Crippen molar-refractivity contribution >= 4 is 56.4 Å². The van der Waals surface area contributed by atoms with Crippen LogP contribution < -0.4 is 20.3 Å². The number of carbonyl (C=O) groups is 4. The lowest BCUT2D eigenvalue weighted by Crippen LogP contribution is -2.54. The fourth-order valence-corrected chi connectivity index (χ4v) is 10.7. The summed E-state index contributed by atoms with van der Waals surface area (Å²) in [6, 6.07) is 11.1. The van der Waals surface area contributed by atoms with Gasteiger partial charge in [0.2, 0.25) is 17.8 Å². The minimum Gasteiger partial charge on any atom is -0.489 e. The molecule has 3 N–H and O–H groups in total. The number of aryl methyl sites for hydroxylation is 1. The van der Waals surface area contributed by atoms with Gasteiger partial charge in [-0.3, -0.25) is 34.5 Å². The third-order valence-corrected chi connectivity index (χ3v) is 13.8. The number of ether oxygens (including phenoxy) is 1. The molecule has 0 bridgehead atoms. The summed E-state index contributed by atoms with van der Waals surface area (Å²) in [6.07, 6.45) is 8.21. The highest BCUT2D eigenvalue weighted by Crippen LogP contribution is 2.53. The van der Waals surface area contributed by atoms with E-state index in [9.17, 15) is 27.6 Å². The van der Waals surface area contributed by atoms with Gasteiger partial charge in [0.15, 0.2) is 21.2 Å². The fraction of sp³-hybridized carbons (Fsp3) is 0.359. The summed E-state index contributed by atoms with van der Waals surface area (Å²) in [7, 11) is -3.58. The van der Waals surface area contributed by atoms with Gasteiger partial charge in [0.25, 0.3) is 11.8 Å². The van der Waals surface area contributed by atoms with Crippen LogP contribution in [-0.2, 0) is 19.4 Å². The first-order valence-corrected chi connectivity index (χ1v) is 20.2. The maximum atomic E-state index is 13.9. The number of imide groups is 2. The Morgan fingerprint density at radius 3 is 2.48 bits per heavy atom. The predicted molar refractivity (Wildman–Crippen MR) is 203 cm³/mol. The van der Waals surface area contributed by atoms with Crippen molar-refractivity contribution in [3.05, 3.63) is 77.7 Å². The van der Waals surface area contributed by atoms with E-state index < -0.39 is 44.8 Å². The molecule has 9 rings (SSSR count). The second kappa shape index (κ2) is 13.3. The van der Waals surface area contributed by atoms with Gasteiger partial charge in [0.1, 0.15) is 6.04 Å². The maximum absolute atomic E-state index is 13.9. The molecule has 17 heteroatoms. The zero-order chi connectivity index (χ0) is 38.9. The highest BCUT2D eigenvalue weighted by Gasteiger charge is 2.51. The Balaban J connectivity index is 0.838. The minimum absolute atomic E-state index is 0.0608. The molecular formula is C39H39N9O7S. The first kappa shape index (κ1) is 35.6. The van der Waals surface area contributed by atoms with E-state index in [-0.39, 0.29) is 34.3 Å². The van der Waals surface area contributed by atoms with Gasteiger partial charge in [-0.15, -0.1) is 5.10 Å². The van der Waals surface area contributed by atoms with Crippen LogP contribution in [0.2, 0.25) is 0 Å². The van der Waals surface area contributed by atoms with Crippen molar-refractivity contribution in [1.29, 1.82) is 0 Å². The molecule has 4 aliphatic rings. The van der Waals surface area contributed by atoms with Gasteiger partial charge in [-0.05, 0) is 99.4 Å². The molecule has 1 aliphatic carbocycles. The van der Waals surface area contributed by atoms with Crippen LogP contribution >= 0.6 is 0 Å². The van der Waals surface area contributed by atoms with E-state index >= 15 is 0 Å². The van der Waals surface area contributed by atoms with Crippen molar-refractivity contribution in [2.45, 2.75) is 68.6 Å². The number of nitrogens with zero attached hydrogens (tertiary/aromatic N) is 6. The summed E-state index contributed by atoms with van der Waals surface area (Å²) in [5.74, 6) is -1.21. The Morgan fingerprint density at radius 2 is 1.77 bits per heavy atom. The highest BCUT2D eigenvalue weighted by atomic mass is 32.2. The van der Waals surface area contributed by atoms with Gasteiger partial charge in [-0.25, -0.2) is 12.9 Å². The van der Waals surface area contributed by atoms with Crippen LogP contribution in [0.5, 0.6) is 5.75 Å². The predicted octanol–water partition coefficient (Wildman–Crippen LogP) is 4.19. The molecule has 3 aromatic heterocycles. The Kier molecular flexibility index (Phi) is 8.44. The molecule has 1 unspecified atom stereocenters. The van der Waals surface area contributed by atoms with Crippen molar-refractivity contribution < 1.29 is 32.3 Å². The number of pyridine rings is 1. The summed E-state index contributed by atoms with van der Waals surface area (Å²) < 4.78 is 35.3. The van der Waals surface area contributed by atoms with Crippen LogP contribution in [0.4, 0.5) is 17.3 Å². The number of carbonyl (C=O) groups excluding carboxylic acids is 4. The smallest absolute Gasteiger partial charge is 0.262 e. The molecule has 2 aromatic carbocycles. The molecule has 16 nitrogen and oxygen atoms in total. The number of benzene rings is 2. The third kappa shape index (κ3) is 5.88. The second-order valence-electron chi connectivity index (χ2n) is 15.0. The van der Waals surface area contributed by atoms with Gasteiger partial charge >= 0.3 is 0 Å². The van der Waals surface area contributed by atoms with Crippen molar-refractivity contribution in [3.8, 4) is 16.9 Å². The molecule has 1 spiro atoms. The number of rotatable bonds is 9. The number of nitrogens with one attached hydrogen (secondary N) is 3. The highest BCUT2D eigenvalue weighted by molar-refractivity contribution is 7.92. The van der Waals surface area contributed by atoms with Crippen LogP contribution in [0.1, 0.15) is 71.7 Å². The monoisotopic (exact) mass is 777 g/mol. The molecule has 2 saturated heterocycles. The molecule has 5 aromatic rings. The SMILES string of the molecule is CCOc1c(-c2cn[nH]c2)ccn2nc(Nc3ccc(S(=O)(=O)C4CC5(CCN(c6ccc7c(c6)C(=O)N(C6CCC(=O)NC6=O)C7=O)CC5)C4)cc3C)nc12. The molecule has 3 fully saturated rings. The number of H-pyrrole nitrogens is 1. The summed E-state index contributed by atoms with van der Waals surface area (Å²) in [6.45, 7) is 5.55. The second-order valence-corrected chi connectivity index (χ2v) is 17.3. The quantitative estimate of drug-likeness (QED) is 0.181. The fourth-order valence-electron chi connectivity index (χ4n) is 8.58. The van der Waals surface area contributed by atoms with Crippen molar-refractivity contribution in [1.82, 2.24) is 35.0 Å². The molecule has 56 heavy (non-hydrogen) atoms. The molecule has 1 saturated carbocycles.